The standard InChI is InChI=1S/C16H24N2O3/c1-13(17)7-6-10-15(19)18(12-16(20)21-2)11-14-8-4-3-5-9-14/h3-5,8-9,13H,6-7,10-12,17H2,1-2H3. The monoisotopic (exact) mass is 292 g/mol. The summed E-state index contributed by atoms with van der Waals surface area (Å²) in [7, 11) is 1.32. The van der Waals surface area contributed by atoms with Gasteiger partial charge in [0.25, 0.3) is 0 Å². The summed E-state index contributed by atoms with van der Waals surface area (Å²) in [4.78, 5) is 25.3. The van der Waals surface area contributed by atoms with Crippen molar-refractivity contribution in [2.45, 2.75) is 38.8 Å². The third kappa shape index (κ3) is 6.90. The Morgan fingerprint density at radius 1 is 1.29 bits per heavy atom. The van der Waals surface area contributed by atoms with Gasteiger partial charge in [-0.05, 0) is 25.3 Å². The summed E-state index contributed by atoms with van der Waals surface area (Å²) in [6.07, 6.45) is 1.91. The number of nitrogens with two attached hydrogens (primary N) is 1. The lowest BCUT2D eigenvalue weighted by Gasteiger charge is -2.22. The molecule has 0 aliphatic carbocycles. The fraction of sp³-hybridized carbons (Fsp3) is 0.500. The lowest BCUT2D eigenvalue weighted by molar-refractivity contribution is -0.147. The van der Waals surface area contributed by atoms with E-state index in [2.05, 4.69) is 4.74 Å². The summed E-state index contributed by atoms with van der Waals surface area (Å²) in [5, 5.41) is 0. The quantitative estimate of drug-likeness (QED) is 0.740. The van der Waals surface area contributed by atoms with E-state index in [1.54, 1.807) is 0 Å². The lowest BCUT2D eigenvalue weighted by Crippen LogP contribution is -2.35. The Kier molecular flexibility index (Phi) is 7.46. The number of esters is 1. The van der Waals surface area contributed by atoms with Crippen molar-refractivity contribution in [3.63, 3.8) is 0 Å². The summed E-state index contributed by atoms with van der Waals surface area (Å²) in [5.41, 5.74) is 6.67. The zero-order valence-electron chi connectivity index (χ0n) is 12.7. The molecule has 0 heterocycles. The molecule has 5 heteroatoms. The summed E-state index contributed by atoms with van der Waals surface area (Å²) in [6, 6.07) is 9.68. The van der Waals surface area contributed by atoms with Gasteiger partial charge < -0.3 is 15.4 Å². The van der Waals surface area contributed by atoms with E-state index in [0.717, 1.165) is 18.4 Å². The van der Waals surface area contributed by atoms with Gasteiger partial charge in [0.05, 0.1) is 7.11 Å². The Morgan fingerprint density at radius 2 is 1.95 bits per heavy atom. The average molecular weight is 292 g/mol. The predicted molar refractivity (Wildman–Crippen MR) is 81.4 cm³/mol. The molecule has 1 unspecified atom stereocenters. The Hall–Kier alpha value is -1.88. The third-order valence-corrected chi connectivity index (χ3v) is 3.17. The van der Waals surface area contributed by atoms with Crippen LogP contribution in [-0.4, -0.2) is 36.5 Å². The van der Waals surface area contributed by atoms with Gasteiger partial charge >= 0.3 is 5.97 Å². The number of amides is 1. The third-order valence-electron chi connectivity index (χ3n) is 3.17. The van der Waals surface area contributed by atoms with E-state index in [4.69, 9.17) is 5.73 Å². The van der Waals surface area contributed by atoms with Gasteiger partial charge in [-0.3, -0.25) is 9.59 Å². The predicted octanol–water partition coefficient (Wildman–Crippen LogP) is 1.71. The van der Waals surface area contributed by atoms with Crippen molar-refractivity contribution in [2.24, 2.45) is 5.73 Å². The van der Waals surface area contributed by atoms with Crippen LogP contribution in [0.4, 0.5) is 0 Å². The van der Waals surface area contributed by atoms with Gasteiger partial charge in [0, 0.05) is 19.0 Å². The first-order valence-corrected chi connectivity index (χ1v) is 7.17. The number of hydrogen-bond donors (Lipinski definition) is 1. The first-order chi connectivity index (χ1) is 10.0. The zero-order valence-corrected chi connectivity index (χ0v) is 12.7. The maximum absolute atomic E-state index is 12.3. The molecule has 0 saturated carbocycles. The van der Waals surface area contributed by atoms with Crippen LogP contribution in [0.15, 0.2) is 30.3 Å². The van der Waals surface area contributed by atoms with Gasteiger partial charge in [0.1, 0.15) is 6.54 Å². The Labute approximate surface area is 126 Å². The highest BCUT2D eigenvalue weighted by Crippen LogP contribution is 2.09. The van der Waals surface area contributed by atoms with E-state index in [1.165, 1.54) is 12.0 Å². The van der Waals surface area contributed by atoms with Crippen LogP contribution in [0.2, 0.25) is 0 Å². The molecular formula is C16H24N2O3. The van der Waals surface area contributed by atoms with Gasteiger partial charge in [-0.15, -0.1) is 0 Å². The Balaban J connectivity index is 2.63. The van der Waals surface area contributed by atoms with Crippen molar-refractivity contribution in [1.29, 1.82) is 0 Å². The molecule has 1 atom stereocenters. The molecule has 0 saturated heterocycles. The fourth-order valence-electron chi connectivity index (χ4n) is 1.99. The molecule has 0 spiro atoms. The van der Waals surface area contributed by atoms with Crippen molar-refractivity contribution in [1.82, 2.24) is 4.90 Å². The number of benzene rings is 1. The maximum Gasteiger partial charge on any atom is 0.325 e. The van der Waals surface area contributed by atoms with E-state index in [9.17, 15) is 9.59 Å². The van der Waals surface area contributed by atoms with Crippen LogP contribution in [-0.2, 0) is 20.9 Å². The number of rotatable bonds is 8. The van der Waals surface area contributed by atoms with Gasteiger partial charge in [-0.2, -0.15) is 0 Å². The topological polar surface area (TPSA) is 72.6 Å². The van der Waals surface area contributed by atoms with Crippen LogP contribution in [0.25, 0.3) is 0 Å². The van der Waals surface area contributed by atoms with Crippen LogP contribution in [0.5, 0.6) is 0 Å². The molecule has 1 rings (SSSR count). The number of hydrogen-bond acceptors (Lipinski definition) is 4. The highest BCUT2D eigenvalue weighted by Gasteiger charge is 2.17. The van der Waals surface area contributed by atoms with Crippen molar-refractivity contribution in [2.75, 3.05) is 13.7 Å². The van der Waals surface area contributed by atoms with E-state index >= 15 is 0 Å². The molecule has 0 bridgehead atoms. The highest BCUT2D eigenvalue weighted by atomic mass is 16.5. The molecule has 0 aliphatic heterocycles. The molecule has 5 nitrogen and oxygen atoms in total. The van der Waals surface area contributed by atoms with Gasteiger partial charge in [0.2, 0.25) is 5.91 Å². The molecule has 0 aliphatic rings. The second kappa shape index (κ2) is 9.13. The summed E-state index contributed by atoms with van der Waals surface area (Å²) < 4.78 is 4.66. The smallest absolute Gasteiger partial charge is 0.325 e. The van der Waals surface area contributed by atoms with E-state index in [0.29, 0.717) is 13.0 Å². The van der Waals surface area contributed by atoms with Gasteiger partial charge in [-0.25, -0.2) is 0 Å². The maximum atomic E-state index is 12.3. The van der Waals surface area contributed by atoms with E-state index in [1.807, 2.05) is 37.3 Å². The van der Waals surface area contributed by atoms with Gasteiger partial charge in [0.15, 0.2) is 0 Å². The SMILES string of the molecule is COC(=O)CN(Cc1ccccc1)C(=O)CCCC(C)N. The molecule has 2 N–H and O–H groups in total. The average Bonchev–Trinajstić information content (AvgIpc) is 2.47. The number of carbonyl (C=O) groups is 2. The van der Waals surface area contributed by atoms with Gasteiger partial charge in [-0.1, -0.05) is 30.3 Å². The minimum absolute atomic E-state index is 0.0254. The molecule has 116 valence electrons. The largest absolute Gasteiger partial charge is 0.468 e. The van der Waals surface area contributed by atoms with Crippen molar-refractivity contribution in [3.05, 3.63) is 35.9 Å². The molecule has 21 heavy (non-hydrogen) atoms. The zero-order chi connectivity index (χ0) is 15.7. The minimum Gasteiger partial charge on any atom is -0.468 e. The summed E-state index contributed by atoms with van der Waals surface area (Å²) in [6.45, 7) is 2.30. The van der Waals surface area contributed by atoms with Crippen LogP contribution < -0.4 is 5.73 Å². The van der Waals surface area contributed by atoms with Crippen molar-refractivity contribution >= 4 is 11.9 Å². The Bertz CT molecular complexity index is 446. The molecule has 0 fully saturated rings. The van der Waals surface area contributed by atoms with E-state index in [-0.39, 0.29) is 18.5 Å². The first-order valence-electron chi connectivity index (χ1n) is 7.17. The second-order valence-corrected chi connectivity index (χ2v) is 5.18. The van der Waals surface area contributed by atoms with Crippen LogP contribution in [0.1, 0.15) is 31.7 Å². The number of carbonyl (C=O) groups excluding carboxylic acids is 2. The molecule has 0 aromatic heterocycles. The number of nitrogens with zero attached hydrogens (tertiary/aromatic N) is 1. The highest BCUT2D eigenvalue weighted by molar-refractivity contribution is 5.82. The normalized spacial score (nSPS) is 11.8. The van der Waals surface area contributed by atoms with E-state index < -0.39 is 5.97 Å². The lowest BCUT2D eigenvalue weighted by atomic mass is 10.1. The van der Waals surface area contributed by atoms with Crippen LogP contribution in [0, 0.1) is 0 Å². The van der Waals surface area contributed by atoms with Crippen molar-refractivity contribution < 1.29 is 14.3 Å². The number of ether oxygens (including phenoxy) is 1. The molecule has 0 radical (unpaired) electrons. The molecule has 1 aromatic carbocycles. The summed E-state index contributed by atoms with van der Waals surface area (Å²) in [5.74, 6) is -0.462. The van der Waals surface area contributed by atoms with Crippen LogP contribution in [0.3, 0.4) is 0 Å². The van der Waals surface area contributed by atoms with Crippen molar-refractivity contribution in [3.8, 4) is 0 Å². The fourth-order valence-corrected chi connectivity index (χ4v) is 1.99. The molecule has 1 aromatic rings. The second-order valence-electron chi connectivity index (χ2n) is 5.18. The molecular weight excluding hydrogens is 268 g/mol. The minimum atomic E-state index is -0.411. The number of methoxy groups -OCH3 is 1. The first kappa shape index (κ1) is 17.2. The Morgan fingerprint density at radius 3 is 2.52 bits per heavy atom. The summed E-state index contributed by atoms with van der Waals surface area (Å²) >= 11 is 0. The molecule has 1 amide bonds. The van der Waals surface area contributed by atoms with Crippen LogP contribution >= 0.6 is 0 Å².